The largest absolute Gasteiger partial charge is 0.351 e. The van der Waals surface area contributed by atoms with E-state index in [1.807, 2.05) is 45.0 Å². The van der Waals surface area contributed by atoms with Gasteiger partial charge in [-0.25, -0.2) is 0 Å². The molecule has 0 bridgehead atoms. The van der Waals surface area contributed by atoms with Crippen LogP contribution in [0.3, 0.4) is 0 Å². The van der Waals surface area contributed by atoms with E-state index in [9.17, 15) is 9.59 Å². The number of anilines is 1. The molecule has 1 aliphatic heterocycles. The number of nitrogens with one attached hydrogen (secondary N) is 1. The summed E-state index contributed by atoms with van der Waals surface area (Å²) < 4.78 is 0.922. The minimum absolute atomic E-state index is 0.00263. The van der Waals surface area contributed by atoms with Crippen LogP contribution in [0, 0.1) is 5.92 Å². The van der Waals surface area contributed by atoms with E-state index in [2.05, 4.69) is 21.2 Å². The standard InChI is InChI=1S/C15H19BrN2O2/c1-15(2,3)17-14(20)10-7-13(19)18(9-10)12-6-4-5-11(16)8-12/h4-6,8,10H,7,9H2,1-3H3,(H,17,20). The molecule has 0 spiro atoms. The molecule has 1 heterocycles. The molecule has 1 aromatic rings. The SMILES string of the molecule is CC(C)(C)NC(=O)C1CC(=O)N(c2cccc(Br)c2)C1. The second kappa shape index (κ2) is 5.56. The van der Waals surface area contributed by atoms with Crippen LogP contribution < -0.4 is 10.2 Å². The Morgan fingerprint density at radius 3 is 2.70 bits per heavy atom. The minimum atomic E-state index is -0.277. The van der Waals surface area contributed by atoms with Crippen LogP contribution in [0.15, 0.2) is 28.7 Å². The molecule has 4 nitrogen and oxygen atoms in total. The first kappa shape index (κ1) is 15.0. The fourth-order valence-corrected chi connectivity index (χ4v) is 2.64. The van der Waals surface area contributed by atoms with Crippen molar-refractivity contribution in [3.05, 3.63) is 28.7 Å². The summed E-state index contributed by atoms with van der Waals surface area (Å²) in [4.78, 5) is 25.9. The maximum atomic E-state index is 12.2. The van der Waals surface area contributed by atoms with Crippen molar-refractivity contribution in [3.8, 4) is 0 Å². The van der Waals surface area contributed by atoms with E-state index in [0.717, 1.165) is 10.2 Å². The lowest BCUT2D eigenvalue weighted by Gasteiger charge is -2.23. The van der Waals surface area contributed by atoms with E-state index in [1.54, 1.807) is 4.90 Å². The summed E-state index contributed by atoms with van der Waals surface area (Å²) in [5.74, 6) is -0.332. The fraction of sp³-hybridized carbons (Fsp3) is 0.467. The summed E-state index contributed by atoms with van der Waals surface area (Å²) in [5, 5.41) is 2.94. The highest BCUT2D eigenvalue weighted by molar-refractivity contribution is 9.10. The van der Waals surface area contributed by atoms with Gasteiger partial charge in [0.2, 0.25) is 11.8 Å². The first-order valence-electron chi connectivity index (χ1n) is 6.64. The third kappa shape index (κ3) is 3.60. The maximum absolute atomic E-state index is 12.2. The van der Waals surface area contributed by atoms with Crippen molar-refractivity contribution < 1.29 is 9.59 Å². The van der Waals surface area contributed by atoms with E-state index in [1.165, 1.54) is 0 Å². The number of carbonyl (C=O) groups is 2. The number of amides is 2. The number of benzene rings is 1. The highest BCUT2D eigenvalue weighted by Gasteiger charge is 2.36. The highest BCUT2D eigenvalue weighted by atomic mass is 79.9. The van der Waals surface area contributed by atoms with Gasteiger partial charge in [-0.1, -0.05) is 22.0 Å². The van der Waals surface area contributed by atoms with Crippen LogP contribution in [0.2, 0.25) is 0 Å². The summed E-state index contributed by atoms with van der Waals surface area (Å²) in [7, 11) is 0. The van der Waals surface area contributed by atoms with Gasteiger partial charge in [-0.05, 0) is 39.0 Å². The molecule has 5 heteroatoms. The third-order valence-electron chi connectivity index (χ3n) is 3.11. The van der Waals surface area contributed by atoms with Gasteiger partial charge in [-0.15, -0.1) is 0 Å². The van der Waals surface area contributed by atoms with Crippen LogP contribution in [0.1, 0.15) is 27.2 Å². The summed E-state index contributed by atoms with van der Waals surface area (Å²) >= 11 is 3.40. The van der Waals surface area contributed by atoms with Crippen LogP contribution in [0.25, 0.3) is 0 Å². The number of halogens is 1. The molecule has 1 aromatic carbocycles. The zero-order valence-electron chi connectivity index (χ0n) is 11.9. The number of hydrogen-bond acceptors (Lipinski definition) is 2. The maximum Gasteiger partial charge on any atom is 0.227 e. The van der Waals surface area contributed by atoms with Crippen molar-refractivity contribution in [2.24, 2.45) is 5.92 Å². The van der Waals surface area contributed by atoms with Gasteiger partial charge >= 0.3 is 0 Å². The molecule has 2 rings (SSSR count). The molecular weight excluding hydrogens is 320 g/mol. The molecular formula is C15H19BrN2O2. The van der Waals surface area contributed by atoms with Gasteiger partial charge in [-0.3, -0.25) is 9.59 Å². The lowest BCUT2D eigenvalue weighted by molar-refractivity contribution is -0.127. The molecule has 1 aliphatic rings. The van der Waals surface area contributed by atoms with Gasteiger partial charge in [0.15, 0.2) is 0 Å². The topological polar surface area (TPSA) is 49.4 Å². The average Bonchev–Trinajstić information content (AvgIpc) is 2.69. The fourth-order valence-electron chi connectivity index (χ4n) is 2.25. The summed E-state index contributed by atoms with van der Waals surface area (Å²) in [5.41, 5.74) is 0.555. The minimum Gasteiger partial charge on any atom is -0.351 e. The molecule has 20 heavy (non-hydrogen) atoms. The van der Waals surface area contributed by atoms with Crippen molar-refractivity contribution >= 4 is 33.4 Å². The molecule has 1 saturated heterocycles. The van der Waals surface area contributed by atoms with Crippen molar-refractivity contribution in [1.29, 1.82) is 0 Å². The lowest BCUT2D eigenvalue weighted by atomic mass is 10.0. The Morgan fingerprint density at radius 2 is 2.10 bits per heavy atom. The van der Waals surface area contributed by atoms with Crippen molar-refractivity contribution in [1.82, 2.24) is 5.32 Å². The Bertz CT molecular complexity index is 537. The van der Waals surface area contributed by atoms with E-state index >= 15 is 0 Å². The van der Waals surface area contributed by atoms with Crippen LogP contribution in [0.4, 0.5) is 5.69 Å². The van der Waals surface area contributed by atoms with Gasteiger partial charge in [0.05, 0.1) is 5.92 Å². The zero-order valence-corrected chi connectivity index (χ0v) is 13.5. The third-order valence-corrected chi connectivity index (χ3v) is 3.61. The first-order valence-corrected chi connectivity index (χ1v) is 7.43. The number of nitrogens with zero attached hydrogens (tertiary/aromatic N) is 1. The van der Waals surface area contributed by atoms with Crippen molar-refractivity contribution in [2.75, 3.05) is 11.4 Å². The Hall–Kier alpha value is -1.36. The Balaban J connectivity index is 2.09. The molecule has 0 aromatic heterocycles. The molecule has 2 amide bonds. The van der Waals surface area contributed by atoms with Gasteiger partial charge in [0.1, 0.15) is 0 Å². The molecule has 1 N–H and O–H groups in total. The quantitative estimate of drug-likeness (QED) is 0.901. The lowest BCUT2D eigenvalue weighted by Crippen LogP contribution is -2.44. The number of hydrogen-bond donors (Lipinski definition) is 1. The van der Waals surface area contributed by atoms with Crippen LogP contribution in [-0.4, -0.2) is 23.9 Å². The van der Waals surface area contributed by atoms with Crippen LogP contribution in [0.5, 0.6) is 0 Å². The average molecular weight is 339 g/mol. The van der Waals surface area contributed by atoms with Crippen molar-refractivity contribution in [2.45, 2.75) is 32.7 Å². The Morgan fingerprint density at radius 1 is 1.40 bits per heavy atom. The molecule has 1 fully saturated rings. The Labute approximate surface area is 127 Å². The summed E-state index contributed by atoms with van der Waals surface area (Å²) in [6.07, 6.45) is 0.272. The van der Waals surface area contributed by atoms with Gasteiger partial charge in [0.25, 0.3) is 0 Å². The van der Waals surface area contributed by atoms with E-state index in [-0.39, 0.29) is 29.7 Å². The summed E-state index contributed by atoms with van der Waals surface area (Å²) in [6.45, 7) is 6.26. The second-order valence-corrected chi connectivity index (χ2v) is 7.04. The summed E-state index contributed by atoms with van der Waals surface area (Å²) in [6, 6.07) is 7.57. The first-order chi connectivity index (χ1) is 9.26. The monoisotopic (exact) mass is 338 g/mol. The molecule has 0 radical (unpaired) electrons. The number of rotatable bonds is 2. The van der Waals surface area contributed by atoms with Crippen molar-refractivity contribution in [3.63, 3.8) is 0 Å². The molecule has 108 valence electrons. The van der Waals surface area contributed by atoms with Crippen LogP contribution >= 0.6 is 15.9 Å². The highest BCUT2D eigenvalue weighted by Crippen LogP contribution is 2.27. The Kier molecular flexibility index (Phi) is 4.18. The van der Waals surface area contributed by atoms with Gasteiger partial charge in [0, 0.05) is 28.7 Å². The molecule has 1 unspecified atom stereocenters. The van der Waals surface area contributed by atoms with Gasteiger partial charge < -0.3 is 10.2 Å². The normalized spacial score (nSPS) is 19.3. The second-order valence-electron chi connectivity index (χ2n) is 6.12. The molecule has 0 aliphatic carbocycles. The molecule has 0 saturated carbocycles. The van der Waals surface area contributed by atoms with E-state index in [0.29, 0.717) is 6.54 Å². The smallest absolute Gasteiger partial charge is 0.227 e. The predicted octanol–water partition coefficient (Wildman–Crippen LogP) is 2.72. The van der Waals surface area contributed by atoms with Crippen LogP contribution in [-0.2, 0) is 9.59 Å². The molecule has 1 atom stereocenters. The zero-order chi connectivity index (χ0) is 14.9. The van der Waals surface area contributed by atoms with E-state index < -0.39 is 0 Å². The number of carbonyl (C=O) groups excluding carboxylic acids is 2. The van der Waals surface area contributed by atoms with Gasteiger partial charge in [-0.2, -0.15) is 0 Å². The predicted molar refractivity (Wildman–Crippen MR) is 82.5 cm³/mol. The van der Waals surface area contributed by atoms with E-state index in [4.69, 9.17) is 0 Å².